The van der Waals surface area contributed by atoms with E-state index in [0.29, 0.717) is 0 Å². The first-order chi connectivity index (χ1) is 6.65. The molecule has 1 aromatic carbocycles. The number of thioether (sulfide) groups is 1. The van der Waals surface area contributed by atoms with E-state index in [4.69, 9.17) is 10.8 Å². The first-order valence-electron chi connectivity index (χ1n) is 4.44. The van der Waals surface area contributed by atoms with Gasteiger partial charge in [-0.3, -0.25) is 0 Å². The number of nitrogens with two attached hydrogens (primary N) is 1. The highest BCUT2D eigenvalue weighted by atomic mass is 79.9. The highest BCUT2D eigenvalue weighted by Crippen LogP contribution is 2.27. The molecule has 4 heteroatoms. The highest BCUT2D eigenvalue weighted by Gasteiger charge is 2.05. The molecule has 2 nitrogen and oxygen atoms in total. The van der Waals surface area contributed by atoms with Crippen molar-refractivity contribution >= 4 is 27.7 Å². The number of benzene rings is 1. The Morgan fingerprint density at radius 3 is 2.79 bits per heavy atom. The van der Waals surface area contributed by atoms with Crippen LogP contribution in [-0.2, 0) is 0 Å². The second-order valence-electron chi connectivity index (χ2n) is 3.04. The number of aliphatic hydroxyl groups excluding tert-OH is 1. The summed E-state index contributed by atoms with van der Waals surface area (Å²) in [6.45, 7) is 2.16. The Hall–Kier alpha value is -0.0300. The van der Waals surface area contributed by atoms with E-state index >= 15 is 0 Å². The lowest BCUT2D eigenvalue weighted by molar-refractivity contribution is 0.322. The summed E-state index contributed by atoms with van der Waals surface area (Å²) in [7, 11) is 0. The number of aliphatic hydroxyl groups is 1. The Labute approximate surface area is 97.0 Å². The van der Waals surface area contributed by atoms with Crippen LogP contribution in [0, 0.1) is 0 Å². The smallest absolute Gasteiger partial charge is 0.0525 e. The largest absolute Gasteiger partial charge is 0.396 e. The first-order valence-corrected chi connectivity index (χ1v) is 6.21. The van der Waals surface area contributed by atoms with E-state index < -0.39 is 0 Å². The zero-order valence-corrected chi connectivity index (χ0v) is 10.4. The van der Waals surface area contributed by atoms with Crippen LogP contribution in [0.4, 0.5) is 0 Å². The van der Waals surface area contributed by atoms with Gasteiger partial charge in [0.1, 0.15) is 0 Å². The molecule has 0 spiro atoms. The van der Waals surface area contributed by atoms with Crippen molar-refractivity contribution in [3.05, 3.63) is 28.2 Å². The van der Waals surface area contributed by atoms with Crippen molar-refractivity contribution in [3.8, 4) is 0 Å². The SMILES string of the molecule is C[C@@H](N)c1ccc(SCCO)cc1Br. The van der Waals surface area contributed by atoms with Gasteiger partial charge < -0.3 is 10.8 Å². The van der Waals surface area contributed by atoms with Crippen LogP contribution in [0.5, 0.6) is 0 Å². The lowest BCUT2D eigenvalue weighted by Crippen LogP contribution is -2.05. The first kappa shape index (κ1) is 12.0. The predicted octanol–water partition coefficient (Wildman–Crippen LogP) is 2.55. The molecule has 0 aliphatic heterocycles. The molecule has 0 amide bonds. The van der Waals surface area contributed by atoms with Crippen molar-refractivity contribution in [1.82, 2.24) is 0 Å². The van der Waals surface area contributed by atoms with Gasteiger partial charge in [-0.2, -0.15) is 0 Å². The van der Waals surface area contributed by atoms with Crippen LogP contribution in [0.2, 0.25) is 0 Å². The van der Waals surface area contributed by atoms with Crippen molar-refractivity contribution in [2.24, 2.45) is 5.73 Å². The monoisotopic (exact) mass is 275 g/mol. The molecule has 14 heavy (non-hydrogen) atoms. The summed E-state index contributed by atoms with van der Waals surface area (Å²) < 4.78 is 1.04. The standard InChI is InChI=1S/C10H14BrNOS/c1-7(12)9-3-2-8(6-10(9)11)14-5-4-13/h2-3,6-7,13H,4-5,12H2,1H3/t7-/m1/s1. The van der Waals surface area contributed by atoms with Crippen LogP contribution in [-0.4, -0.2) is 17.5 Å². The maximum atomic E-state index is 8.69. The van der Waals surface area contributed by atoms with E-state index in [1.807, 2.05) is 25.1 Å². The predicted molar refractivity (Wildman–Crippen MR) is 64.6 cm³/mol. The Kier molecular flexibility index (Phi) is 4.95. The average Bonchev–Trinajstić information content (AvgIpc) is 2.14. The van der Waals surface area contributed by atoms with Crippen molar-refractivity contribution < 1.29 is 5.11 Å². The zero-order chi connectivity index (χ0) is 10.6. The minimum absolute atomic E-state index is 0.0428. The molecule has 0 unspecified atom stereocenters. The minimum atomic E-state index is 0.0428. The third kappa shape index (κ3) is 3.28. The van der Waals surface area contributed by atoms with Gasteiger partial charge in [0.2, 0.25) is 0 Å². The number of hydrogen-bond acceptors (Lipinski definition) is 3. The summed E-state index contributed by atoms with van der Waals surface area (Å²) in [5, 5.41) is 8.69. The lowest BCUT2D eigenvalue weighted by Gasteiger charge is -2.09. The fourth-order valence-corrected chi connectivity index (χ4v) is 2.71. The molecule has 0 radical (unpaired) electrons. The minimum Gasteiger partial charge on any atom is -0.396 e. The Morgan fingerprint density at radius 1 is 1.57 bits per heavy atom. The van der Waals surface area contributed by atoms with Crippen molar-refractivity contribution in [1.29, 1.82) is 0 Å². The number of halogens is 1. The molecule has 0 saturated heterocycles. The quantitative estimate of drug-likeness (QED) is 0.831. The van der Waals surface area contributed by atoms with E-state index in [1.165, 1.54) is 0 Å². The molecule has 0 heterocycles. The molecule has 0 saturated carbocycles. The summed E-state index contributed by atoms with van der Waals surface area (Å²) in [5.74, 6) is 0.726. The summed E-state index contributed by atoms with van der Waals surface area (Å²) >= 11 is 5.12. The van der Waals surface area contributed by atoms with Crippen LogP contribution >= 0.6 is 27.7 Å². The van der Waals surface area contributed by atoms with Crippen LogP contribution < -0.4 is 5.73 Å². The van der Waals surface area contributed by atoms with Gasteiger partial charge in [0, 0.05) is 21.2 Å². The van der Waals surface area contributed by atoms with E-state index in [0.717, 1.165) is 20.7 Å². The normalized spacial score (nSPS) is 12.9. The molecule has 0 aliphatic carbocycles. The van der Waals surface area contributed by atoms with Gasteiger partial charge >= 0.3 is 0 Å². The lowest BCUT2D eigenvalue weighted by atomic mass is 10.1. The van der Waals surface area contributed by atoms with Crippen LogP contribution in [0.1, 0.15) is 18.5 Å². The van der Waals surface area contributed by atoms with E-state index in [1.54, 1.807) is 11.8 Å². The number of rotatable bonds is 4. The molecule has 1 aromatic rings. The van der Waals surface area contributed by atoms with Gasteiger partial charge in [0.05, 0.1) is 6.61 Å². The van der Waals surface area contributed by atoms with Crippen LogP contribution in [0.25, 0.3) is 0 Å². The topological polar surface area (TPSA) is 46.2 Å². The molecular weight excluding hydrogens is 262 g/mol. The van der Waals surface area contributed by atoms with E-state index in [2.05, 4.69) is 15.9 Å². The van der Waals surface area contributed by atoms with Gasteiger partial charge in [-0.05, 0) is 24.6 Å². The Bertz CT molecular complexity index is 304. The summed E-state index contributed by atoms with van der Waals surface area (Å²) in [5.41, 5.74) is 6.90. The van der Waals surface area contributed by atoms with Crippen molar-refractivity contribution in [3.63, 3.8) is 0 Å². The molecule has 1 rings (SSSR count). The fraction of sp³-hybridized carbons (Fsp3) is 0.400. The van der Waals surface area contributed by atoms with Crippen molar-refractivity contribution in [2.45, 2.75) is 17.9 Å². The van der Waals surface area contributed by atoms with Crippen molar-refractivity contribution in [2.75, 3.05) is 12.4 Å². The molecule has 0 fully saturated rings. The molecule has 0 bridgehead atoms. The van der Waals surface area contributed by atoms with Gasteiger partial charge in [0.15, 0.2) is 0 Å². The van der Waals surface area contributed by atoms with Gasteiger partial charge in [-0.25, -0.2) is 0 Å². The maximum Gasteiger partial charge on any atom is 0.0525 e. The van der Waals surface area contributed by atoms with E-state index in [-0.39, 0.29) is 12.6 Å². The van der Waals surface area contributed by atoms with Crippen LogP contribution in [0.3, 0.4) is 0 Å². The highest BCUT2D eigenvalue weighted by molar-refractivity contribution is 9.10. The zero-order valence-electron chi connectivity index (χ0n) is 8.03. The average molecular weight is 276 g/mol. The Morgan fingerprint density at radius 2 is 2.29 bits per heavy atom. The fourth-order valence-electron chi connectivity index (χ4n) is 1.13. The maximum absolute atomic E-state index is 8.69. The summed E-state index contributed by atoms with van der Waals surface area (Å²) in [4.78, 5) is 1.15. The second kappa shape index (κ2) is 5.75. The molecule has 3 N–H and O–H groups in total. The van der Waals surface area contributed by atoms with Crippen LogP contribution in [0.15, 0.2) is 27.6 Å². The molecule has 0 aliphatic rings. The summed E-state index contributed by atoms with van der Waals surface area (Å²) in [6, 6.07) is 6.14. The van der Waals surface area contributed by atoms with Gasteiger partial charge in [-0.15, -0.1) is 11.8 Å². The summed E-state index contributed by atoms with van der Waals surface area (Å²) in [6.07, 6.45) is 0. The molecule has 78 valence electrons. The second-order valence-corrected chi connectivity index (χ2v) is 5.07. The molecular formula is C10H14BrNOS. The third-order valence-electron chi connectivity index (χ3n) is 1.82. The van der Waals surface area contributed by atoms with E-state index in [9.17, 15) is 0 Å². The van der Waals surface area contributed by atoms with Gasteiger partial charge in [0.25, 0.3) is 0 Å². The molecule has 1 atom stereocenters. The number of hydrogen-bond donors (Lipinski definition) is 2. The third-order valence-corrected chi connectivity index (χ3v) is 3.48. The Balaban J connectivity index is 2.78. The van der Waals surface area contributed by atoms with Gasteiger partial charge in [-0.1, -0.05) is 22.0 Å². The molecule has 0 aromatic heterocycles.